The first-order valence-electron chi connectivity index (χ1n) is 6.93. The molecule has 1 unspecified atom stereocenters. The number of nitrogens with zero attached hydrogens (tertiary/aromatic N) is 1. The summed E-state index contributed by atoms with van der Waals surface area (Å²) in [6, 6.07) is 16.6. The van der Waals surface area contributed by atoms with Crippen LogP contribution in [0, 0.1) is 0 Å². The molecule has 1 atom stereocenters. The van der Waals surface area contributed by atoms with Crippen LogP contribution in [0.15, 0.2) is 53.0 Å². The van der Waals surface area contributed by atoms with E-state index in [0.717, 1.165) is 16.8 Å². The van der Waals surface area contributed by atoms with E-state index < -0.39 is 0 Å². The molecule has 2 N–H and O–H groups in total. The van der Waals surface area contributed by atoms with Gasteiger partial charge in [-0.25, -0.2) is 0 Å². The molecule has 2 aromatic carbocycles. The second kappa shape index (κ2) is 7.59. The lowest BCUT2D eigenvalue weighted by atomic mass is 10.0. The molecule has 0 aliphatic carbocycles. The number of benzene rings is 2. The lowest BCUT2D eigenvalue weighted by Gasteiger charge is -2.28. The predicted molar refractivity (Wildman–Crippen MR) is 90.4 cm³/mol. The number of methoxy groups -OCH3 is 1. The van der Waals surface area contributed by atoms with Crippen LogP contribution in [0.1, 0.15) is 17.2 Å². The lowest BCUT2D eigenvalue weighted by Crippen LogP contribution is -2.30. The molecule has 0 amide bonds. The highest BCUT2D eigenvalue weighted by Crippen LogP contribution is 2.27. The van der Waals surface area contributed by atoms with E-state index >= 15 is 0 Å². The number of likely N-dealkylation sites (N-methyl/N-ethyl adjacent to an activating group) is 1. The van der Waals surface area contributed by atoms with Crippen molar-refractivity contribution in [2.45, 2.75) is 12.6 Å². The summed E-state index contributed by atoms with van der Waals surface area (Å²) in [5.41, 5.74) is 8.45. The lowest BCUT2D eigenvalue weighted by molar-refractivity contribution is 0.241. The van der Waals surface area contributed by atoms with Gasteiger partial charge in [0.05, 0.1) is 7.11 Å². The second-order valence-electron chi connectivity index (χ2n) is 5.04. The zero-order valence-electron chi connectivity index (χ0n) is 12.4. The van der Waals surface area contributed by atoms with Crippen LogP contribution in [0.5, 0.6) is 5.75 Å². The molecule has 0 aliphatic rings. The Morgan fingerprint density at radius 1 is 1.14 bits per heavy atom. The topological polar surface area (TPSA) is 38.5 Å². The molecule has 112 valence electrons. The van der Waals surface area contributed by atoms with E-state index in [4.69, 9.17) is 10.5 Å². The minimum atomic E-state index is 0.183. The first-order valence-corrected chi connectivity index (χ1v) is 7.72. The van der Waals surface area contributed by atoms with Crippen LogP contribution in [-0.4, -0.2) is 25.6 Å². The Hall–Kier alpha value is -1.36. The maximum Gasteiger partial charge on any atom is 0.118 e. The highest BCUT2D eigenvalue weighted by molar-refractivity contribution is 9.10. The van der Waals surface area contributed by atoms with E-state index in [1.807, 2.05) is 24.3 Å². The Bertz CT molecular complexity index is 571. The van der Waals surface area contributed by atoms with Crippen LogP contribution < -0.4 is 10.5 Å². The summed E-state index contributed by atoms with van der Waals surface area (Å²) in [5.74, 6) is 0.877. The van der Waals surface area contributed by atoms with Gasteiger partial charge in [0.25, 0.3) is 0 Å². The highest BCUT2D eigenvalue weighted by Gasteiger charge is 2.17. The van der Waals surface area contributed by atoms with Crippen molar-refractivity contribution in [1.29, 1.82) is 0 Å². The van der Waals surface area contributed by atoms with Crippen LogP contribution in [0.25, 0.3) is 0 Å². The van der Waals surface area contributed by atoms with Gasteiger partial charge in [0.1, 0.15) is 5.75 Å². The van der Waals surface area contributed by atoms with E-state index in [2.05, 4.69) is 52.1 Å². The summed E-state index contributed by atoms with van der Waals surface area (Å²) in [5, 5.41) is 0. The number of ether oxygens (including phenoxy) is 1. The van der Waals surface area contributed by atoms with Crippen LogP contribution in [-0.2, 0) is 6.54 Å². The molecule has 0 spiro atoms. The molecule has 0 saturated carbocycles. The number of hydrogen-bond donors (Lipinski definition) is 1. The second-order valence-corrected chi connectivity index (χ2v) is 5.89. The standard InChI is InChI=1S/C17H21BrN2O/c1-20(12-13-7-9-14(21-2)10-8-13)17(11-19)15-5-3-4-6-16(15)18/h3-10,17H,11-12,19H2,1-2H3. The van der Waals surface area contributed by atoms with Crippen LogP contribution in [0.2, 0.25) is 0 Å². The maximum atomic E-state index is 5.99. The smallest absolute Gasteiger partial charge is 0.118 e. The largest absolute Gasteiger partial charge is 0.497 e. The van der Waals surface area contributed by atoms with Gasteiger partial charge in [-0.2, -0.15) is 0 Å². The summed E-state index contributed by atoms with van der Waals surface area (Å²) >= 11 is 3.61. The summed E-state index contributed by atoms with van der Waals surface area (Å²) in [6.45, 7) is 1.42. The summed E-state index contributed by atoms with van der Waals surface area (Å²) in [6.07, 6.45) is 0. The number of hydrogen-bond acceptors (Lipinski definition) is 3. The summed E-state index contributed by atoms with van der Waals surface area (Å²) in [4.78, 5) is 2.27. The maximum absolute atomic E-state index is 5.99. The Balaban J connectivity index is 2.13. The molecule has 4 heteroatoms. The number of rotatable bonds is 6. The van der Waals surface area contributed by atoms with Gasteiger partial charge in [0.2, 0.25) is 0 Å². The molecule has 0 aliphatic heterocycles. The van der Waals surface area contributed by atoms with Gasteiger partial charge < -0.3 is 10.5 Å². The van der Waals surface area contributed by atoms with Crippen molar-refractivity contribution in [2.24, 2.45) is 5.73 Å². The fourth-order valence-electron chi connectivity index (χ4n) is 2.42. The molecule has 21 heavy (non-hydrogen) atoms. The number of nitrogens with two attached hydrogens (primary N) is 1. The SMILES string of the molecule is COc1ccc(CN(C)C(CN)c2ccccc2Br)cc1. The molecule has 0 bridgehead atoms. The van der Waals surface area contributed by atoms with Crippen LogP contribution in [0.4, 0.5) is 0 Å². The minimum Gasteiger partial charge on any atom is -0.497 e. The Kier molecular flexibility index (Phi) is 5.79. The molecule has 0 radical (unpaired) electrons. The van der Waals surface area contributed by atoms with Crippen molar-refractivity contribution in [1.82, 2.24) is 4.90 Å². The van der Waals surface area contributed by atoms with Crippen molar-refractivity contribution >= 4 is 15.9 Å². The van der Waals surface area contributed by atoms with Crippen molar-refractivity contribution < 1.29 is 4.74 Å². The van der Waals surface area contributed by atoms with E-state index in [9.17, 15) is 0 Å². The molecule has 0 saturated heterocycles. The van der Waals surface area contributed by atoms with E-state index in [1.54, 1.807) is 7.11 Å². The van der Waals surface area contributed by atoms with Gasteiger partial charge in [-0.05, 0) is 36.4 Å². The Labute approximate surface area is 134 Å². The molecule has 0 fully saturated rings. The van der Waals surface area contributed by atoms with Crippen molar-refractivity contribution in [3.63, 3.8) is 0 Å². The highest BCUT2D eigenvalue weighted by atomic mass is 79.9. The quantitative estimate of drug-likeness (QED) is 0.866. The zero-order chi connectivity index (χ0) is 15.2. The first-order chi connectivity index (χ1) is 10.2. The van der Waals surface area contributed by atoms with Gasteiger partial charge in [-0.3, -0.25) is 4.90 Å². The summed E-state index contributed by atoms with van der Waals surface area (Å²) < 4.78 is 6.29. The first kappa shape index (κ1) is 16.0. The third-order valence-corrected chi connectivity index (χ3v) is 4.33. The Morgan fingerprint density at radius 3 is 2.38 bits per heavy atom. The average molecular weight is 349 g/mol. The predicted octanol–water partition coefficient (Wildman–Crippen LogP) is 3.59. The molecule has 3 nitrogen and oxygen atoms in total. The third kappa shape index (κ3) is 4.06. The van der Waals surface area contributed by atoms with Crippen molar-refractivity contribution in [3.05, 3.63) is 64.1 Å². The number of halogens is 1. The van der Waals surface area contributed by atoms with Gasteiger partial charge in [0.15, 0.2) is 0 Å². The normalized spacial score (nSPS) is 12.4. The van der Waals surface area contributed by atoms with E-state index in [-0.39, 0.29) is 6.04 Å². The van der Waals surface area contributed by atoms with Gasteiger partial charge in [0, 0.05) is 23.6 Å². The molecule has 0 aromatic heterocycles. The molecule has 2 rings (SSSR count). The van der Waals surface area contributed by atoms with Crippen molar-refractivity contribution in [2.75, 3.05) is 20.7 Å². The Morgan fingerprint density at radius 2 is 1.81 bits per heavy atom. The van der Waals surface area contributed by atoms with Gasteiger partial charge >= 0.3 is 0 Å². The fourth-order valence-corrected chi connectivity index (χ4v) is 2.97. The zero-order valence-corrected chi connectivity index (χ0v) is 14.0. The monoisotopic (exact) mass is 348 g/mol. The third-order valence-electron chi connectivity index (χ3n) is 3.61. The van der Waals surface area contributed by atoms with Gasteiger partial charge in [-0.15, -0.1) is 0 Å². The summed E-state index contributed by atoms with van der Waals surface area (Å²) in [7, 11) is 3.78. The molecule has 0 heterocycles. The van der Waals surface area contributed by atoms with Gasteiger partial charge in [-0.1, -0.05) is 46.3 Å². The average Bonchev–Trinajstić information content (AvgIpc) is 2.50. The fraction of sp³-hybridized carbons (Fsp3) is 0.294. The van der Waals surface area contributed by atoms with E-state index in [0.29, 0.717) is 6.54 Å². The molecular formula is C17H21BrN2O. The van der Waals surface area contributed by atoms with E-state index in [1.165, 1.54) is 11.1 Å². The van der Waals surface area contributed by atoms with Crippen LogP contribution >= 0.6 is 15.9 Å². The molecule has 2 aromatic rings. The van der Waals surface area contributed by atoms with Crippen LogP contribution in [0.3, 0.4) is 0 Å². The van der Waals surface area contributed by atoms with Crippen molar-refractivity contribution in [3.8, 4) is 5.75 Å². The minimum absolute atomic E-state index is 0.183. The molecular weight excluding hydrogens is 328 g/mol.